The first-order chi connectivity index (χ1) is 15.0. The third-order valence-corrected chi connectivity index (χ3v) is 6.55. The zero-order valence-electron chi connectivity index (χ0n) is 18.4. The molecule has 30 heavy (non-hydrogen) atoms. The summed E-state index contributed by atoms with van der Waals surface area (Å²) in [6.45, 7) is 2.13. The SMILES string of the molecule is [2H]C1(c2cc[n+](C)c(-c3cc4c(cc3C)oc3nc5ccccc5cc34)c2)CCCC1. The van der Waals surface area contributed by atoms with E-state index in [0.717, 1.165) is 69.8 Å². The van der Waals surface area contributed by atoms with Crippen molar-refractivity contribution in [2.24, 2.45) is 7.05 Å². The maximum absolute atomic E-state index is 8.96. The van der Waals surface area contributed by atoms with Crippen LogP contribution in [-0.4, -0.2) is 4.98 Å². The number of nitrogens with zero attached hydrogens (tertiary/aromatic N) is 2. The lowest BCUT2D eigenvalue weighted by Crippen LogP contribution is -2.31. The Morgan fingerprint density at radius 3 is 2.73 bits per heavy atom. The van der Waals surface area contributed by atoms with Gasteiger partial charge in [0.25, 0.3) is 0 Å². The topological polar surface area (TPSA) is 29.9 Å². The van der Waals surface area contributed by atoms with Crippen molar-refractivity contribution in [3.63, 3.8) is 0 Å². The molecule has 0 amide bonds. The second kappa shape index (κ2) is 6.66. The zero-order chi connectivity index (χ0) is 21.2. The minimum absolute atomic E-state index is 0.452. The number of benzene rings is 2. The number of hydrogen-bond donors (Lipinski definition) is 0. The summed E-state index contributed by atoms with van der Waals surface area (Å²) in [7, 11) is 2.08. The highest BCUT2D eigenvalue weighted by Crippen LogP contribution is 2.37. The summed E-state index contributed by atoms with van der Waals surface area (Å²) in [5.74, 6) is -0.452. The third kappa shape index (κ3) is 2.72. The molecule has 148 valence electrons. The van der Waals surface area contributed by atoms with E-state index in [1.165, 1.54) is 5.56 Å². The zero-order valence-corrected chi connectivity index (χ0v) is 17.4. The molecule has 3 heterocycles. The summed E-state index contributed by atoms with van der Waals surface area (Å²) in [6, 6.07) is 19.0. The highest BCUT2D eigenvalue weighted by molar-refractivity contribution is 6.08. The van der Waals surface area contributed by atoms with Crippen LogP contribution >= 0.6 is 0 Å². The summed E-state index contributed by atoms with van der Waals surface area (Å²) >= 11 is 0. The van der Waals surface area contributed by atoms with Gasteiger partial charge >= 0.3 is 0 Å². The van der Waals surface area contributed by atoms with Crippen LogP contribution in [0.2, 0.25) is 0 Å². The van der Waals surface area contributed by atoms with Crippen LogP contribution < -0.4 is 4.57 Å². The van der Waals surface area contributed by atoms with Gasteiger partial charge in [-0.15, -0.1) is 0 Å². The van der Waals surface area contributed by atoms with Gasteiger partial charge in [0.2, 0.25) is 11.4 Å². The van der Waals surface area contributed by atoms with Gasteiger partial charge in [0, 0.05) is 35.2 Å². The number of aryl methyl sites for hydroxylation is 2. The Morgan fingerprint density at radius 1 is 1.03 bits per heavy atom. The molecule has 6 rings (SSSR count). The molecule has 3 aromatic heterocycles. The molecule has 0 aliphatic heterocycles. The lowest BCUT2D eigenvalue weighted by Gasteiger charge is -2.11. The molecule has 0 bridgehead atoms. The standard InChI is InChI=1S/C27H25N2O/c1-17-13-26-22(23-14-20-9-5-6-10-24(20)28-27(23)30-26)16-21(17)25-15-19(11-12-29(25)2)18-7-3-4-8-18/h5-6,9-16,18H,3-4,7-8H2,1-2H3/q+1/i18D. The van der Waals surface area contributed by atoms with E-state index in [1.54, 1.807) is 0 Å². The smallest absolute Gasteiger partial charge is 0.227 e. The second-order valence-corrected chi connectivity index (χ2v) is 8.52. The first-order valence-corrected chi connectivity index (χ1v) is 10.8. The Bertz CT molecular complexity index is 1480. The lowest BCUT2D eigenvalue weighted by atomic mass is 9.95. The number of para-hydroxylation sites is 1. The largest absolute Gasteiger partial charge is 0.438 e. The number of rotatable bonds is 2. The molecule has 5 aromatic rings. The summed E-state index contributed by atoms with van der Waals surface area (Å²) in [4.78, 5) is 4.74. The molecular weight excluding hydrogens is 368 g/mol. The van der Waals surface area contributed by atoms with Crippen molar-refractivity contribution < 1.29 is 10.4 Å². The molecule has 1 fully saturated rings. The quantitative estimate of drug-likeness (QED) is 0.316. The van der Waals surface area contributed by atoms with E-state index in [-0.39, 0.29) is 0 Å². The molecule has 2 aromatic carbocycles. The van der Waals surface area contributed by atoms with E-state index in [0.29, 0.717) is 5.71 Å². The predicted molar refractivity (Wildman–Crippen MR) is 122 cm³/mol. The molecule has 0 radical (unpaired) electrons. The van der Waals surface area contributed by atoms with E-state index < -0.39 is 5.89 Å². The summed E-state index contributed by atoms with van der Waals surface area (Å²) in [5, 5.41) is 3.24. The molecule has 1 saturated carbocycles. The summed E-state index contributed by atoms with van der Waals surface area (Å²) in [6.07, 6.45) is 6.29. The van der Waals surface area contributed by atoms with Crippen molar-refractivity contribution in [2.75, 3.05) is 0 Å². The Kier molecular flexibility index (Phi) is 3.68. The number of pyridine rings is 2. The highest BCUT2D eigenvalue weighted by atomic mass is 16.3. The molecule has 3 nitrogen and oxygen atoms in total. The van der Waals surface area contributed by atoms with Crippen molar-refractivity contribution >= 4 is 33.0 Å². The van der Waals surface area contributed by atoms with Gasteiger partial charge in [0.1, 0.15) is 12.6 Å². The fourth-order valence-corrected chi connectivity index (χ4v) is 4.87. The summed E-state index contributed by atoms with van der Waals surface area (Å²) in [5.41, 5.74) is 7.09. The first kappa shape index (κ1) is 16.6. The fourth-order valence-electron chi connectivity index (χ4n) is 4.87. The van der Waals surface area contributed by atoms with Crippen molar-refractivity contribution in [3.8, 4) is 11.3 Å². The molecule has 0 spiro atoms. The van der Waals surface area contributed by atoms with Crippen LogP contribution in [0.15, 0.2) is 65.2 Å². The van der Waals surface area contributed by atoms with Gasteiger partial charge < -0.3 is 4.42 Å². The molecule has 0 saturated heterocycles. The minimum Gasteiger partial charge on any atom is -0.438 e. The van der Waals surface area contributed by atoms with Gasteiger partial charge in [0.15, 0.2) is 6.20 Å². The lowest BCUT2D eigenvalue weighted by molar-refractivity contribution is -0.660. The number of furan rings is 1. The molecule has 0 N–H and O–H groups in total. The van der Waals surface area contributed by atoms with Crippen LogP contribution in [0.3, 0.4) is 0 Å². The van der Waals surface area contributed by atoms with Gasteiger partial charge in [-0.3, -0.25) is 0 Å². The normalized spacial score (nSPS) is 16.5. The highest BCUT2D eigenvalue weighted by Gasteiger charge is 2.22. The van der Waals surface area contributed by atoms with Crippen LogP contribution in [0.5, 0.6) is 0 Å². The van der Waals surface area contributed by atoms with Crippen LogP contribution in [0, 0.1) is 6.92 Å². The van der Waals surface area contributed by atoms with Crippen LogP contribution in [0.1, 0.15) is 44.1 Å². The Hall–Kier alpha value is -3.20. The number of aromatic nitrogens is 2. The van der Waals surface area contributed by atoms with E-state index in [2.05, 4.69) is 61.1 Å². The molecular formula is C27H25N2O+. The summed E-state index contributed by atoms with van der Waals surface area (Å²) < 4.78 is 17.3. The second-order valence-electron chi connectivity index (χ2n) is 8.52. The average Bonchev–Trinajstić information content (AvgIpc) is 3.35. The first-order valence-electron chi connectivity index (χ1n) is 11.3. The van der Waals surface area contributed by atoms with Crippen molar-refractivity contribution in [3.05, 3.63) is 71.9 Å². The van der Waals surface area contributed by atoms with Gasteiger partial charge in [-0.1, -0.05) is 31.0 Å². The van der Waals surface area contributed by atoms with E-state index in [1.807, 2.05) is 18.2 Å². The van der Waals surface area contributed by atoms with Gasteiger partial charge in [0.05, 0.1) is 5.52 Å². The van der Waals surface area contributed by atoms with Gasteiger partial charge in [-0.25, -0.2) is 9.55 Å². The van der Waals surface area contributed by atoms with E-state index >= 15 is 0 Å². The fraction of sp³-hybridized carbons (Fsp3) is 0.259. The van der Waals surface area contributed by atoms with Crippen LogP contribution in [0.4, 0.5) is 0 Å². The van der Waals surface area contributed by atoms with Crippen LogP contribution in [-0.2, 0) is 7.05 Å². The molecule has 1 aliphatic rings. The number of hydrogen-bond acceptors (Lipinski definition) is 2. The maximum atomic E-state index is 8.96. The number of fused-ring (bicyclic) bond motifs is 4. The molecule has 1 aliphatic carbocycles. The minimum atomic E-state index is -0.452. The van der Waals surface area contributed by atoms with E-state index in [4.69, 9.17) is 10.8 Å². The molecule has 0 atom stereocenters. The molecule has 3 heteroatoms. The third-order valence-electron chi connectivity index (χ3n) is 6.55. The Balaban J connectivity index is 1.58. The maximum Gasteiger partial charge on any atom is 0.227 e. The Labute approximate surface area is 177 Å². The van der Waals surface area contributed by atoms with Gasteiger partial charge in [-0.05, 0) is 61.1 Å². The van der Waals surface area contributed by atoms with E-state index in [9.17, 15) is 0 Å². The predicted octanol–water partition coefficient (Wildman–Crippen LogP) is 6.59. The Morgan fingerprint density at radius 2 is 1.87 bits per heavy atom. The molecule has 0 unspecified atom stereocenters. The average molecular weight is 395 g/mol. The van der Waals surface area contributed by atoms with Crippen molar-refractivity contribution in [1.29, 1.82) is 0 Å². The van der Waals surface area contributed by atoms with Gasteiger partial charge in [-0.2, -0.15) is 0 Å². The van der Waals surface area contributed by atoms with Crippen LogP contribution in [0.25, 0.3) is 44.2 Å². The monoisotopic (exact) mass is 394 g/mol. The van der Waals surface area contributed by atoms with Crippen molar-refractivity contribution in [1.82, 2.24) is 4.98 Å². The van der Waals surface area contributed by atoms with Crippen molar-refractivity contribution in [2.45, 2.75) is 38.5 Å².